The van der Waals surface area contributed by atoms with Gasteiger partial charge in [-0.05, 0) is 49.2 Å². The summed E-state index contributed by atoms with van der Waals surface area (Å²) in [6.45, 7) is 8.29. The predicted molar refractivity (Wildman–Crippen MR) is 145 cm³/mol. The quantitative estimate of drug-likeness (QED) is 0.346. The second-order valence-corrected chi connectivity index (χ2v) is 12.4. The maximum absolute atomic E-state index is 13.4. The topological polar surface area (TPSA) is 93.5 Å². The summed E-state index contributed by atoms with van der Waals surface area (Å²) in [5.74, 6) is 0.0282. The molecule has 0 bridgehead atoms. The zero-order chi connectivity index (χ0) is 26.5. The molecule has 2 aromatic carbocycles. The highest BCUT2D eigenvalue weighted by molar-refractivity contribution is 9.10. The molecule has 0 aliphatic carbocycles. The van der Waals surface area contributed by atoms with Gasteiger partial charge in [-0.3, -0.25) is 4.79 Å². The van der Waals surface area contributed by atoms with Gasteiger partial charge in [0.25, 0.3) is 0 Å². The predicted octanol–water partition coefficient (Wildman–Crippen LogP) is 4.91. The van der Waals surface area contributed by atoms with Crippen molar-refractivity contribution < 1.29 is 17.9 Å². The molecule has 0 aliphatic heterocycles. The standard InChI is InChI=1S/C26H33BrN4O4S/c1-19-9-6-7-10-22(19)31-24(17-23(29-31)26(2,3)4)28-25(32)18-30(15-8-16-35-5)36(33,34)21-13-11-20(27)12-14-21/h6-7,9-14,17H,8,15-16,18H2,1-5H3,(H,28,32). The monoisotopic (exact) mass is 576 g/mol. The zero-order valence-electron chi connectivity index (χ0n) is 21.3. The second kappa shape index (κ2) is 11.7. The maximum Gasteiger partial charge on any atom is 0.243 e. The molecule has 0 saturated heterocycles. The van der Waals surface area contributed by atoms with Crippen LogP contribution in [0.25, 0.3) is 5.69 Å². The fourth-order valence-electron chi connectivity index (χ4n) is 3.59. The van der Waals surface area contributed by atoms with E-state index < -0.39 is 15.9 Å². The van der Waals surface area contributed by atoms with Gasteiger partial charge in [-0.1, -0.05) is 54.9 Å². The van der Waals surface area contributed by atoms with Crippen molar-refractivity contribution in [2.75, 3.05) is 32.1 Å². The minimum atomic E-state index is -3.90. The Labute approximate surface area is 221 Å². The van der Waals surface area contributed by atoms with E-state index >= 15 is 0 Å². The first kappa shape index (κ1) is 28.0. The van der Waals surface area contributed by atoms with Gasteiger partial charge in [0, 0.05) is 36.2 Å². The Balaban J connectivity index is 1.91. The van der Waals surface area contributed by atoms with Gasteiger partial charge in [-0.15, -0.1) is 0 Å². The van der Waals surface area contributed by atoms with Crippen LogP contribution in [0.5, 0.6) is 0 Å². The molecule has 0 fully saturated rings. The van der Waals surface area contributed by atoms with Crippen molar-refractivity contribution in [1.82, 2.24) is 14.1 Å². The van der Waals surface area contributed by atoms with Gasteiger partial charge < -0.3 is 10.1 Å². The number of nitrogens with zero attached hydrogens (tertiary/aromatic N) is 3. The molecule has 1 amide bonds. The van der Waals surface area contributed by atoms with Crippen LogP contribution in [0.15, 0.2) is 64.0 Å². The number of halogens is 1. The third-order valence-corrected chi connectivity index (χ3v) is 8.00. The van der Waals surface area contributed by atoms with E-state index in [1.807, 2.05) is 58.0 Å². The summed E-state index contributed by atoms with van der Waals surface area (Å²) < 4.78 is 35.5. The zero-order valence-corrected chi connectivity index (χ0v) is 23.7. The molecular formula is C26H33BrN4O4S. The summed E-state index contributed by atoms with van der Waals surface area (Å²) in [6.07, 6.45) is 0.453. The number of carbonyl (C=O) groups is 1. The minimum Gasteiger partial charge on any atom is -0.385 e. The number of anilines is 1. The van der Waals surface area contributed by atoms with Crippen molar-refractivity contribution in [1.29, 1.82) is 0 Å². The lowest BCUT2D eigenvalue weighted by atomic mass is 9.92. The molecule has 1 heterocycles. The van der Waals surface area contributed by atoms with E-state index in [1.54, 1.807) is 23.9 Å². The number of hydrogen-bond acceptors (Lipinski definition) is 5. The third-order valence-electron chi connectivity index (χ3n) is 5.62. The summed E-state index contributed by atoms with van der Waals surface area (Å²) in [7, 11) is -2.34. The van der Waals surface area contributed by atoms with Crippen LogP contribution in [0.4, 0.5) is 5.82 Å². The molecule has 0 aliphatic rings. The lowest BCUT2D eigenvalue weighted by Gasteiger charge is -2.22. The van der Waals surface area contributed by atoms with Crippen LogP contribution in [0.1, 0.15) is 38.4 Å². The van der Waals surface area contributed by atoms with Crippen molar-refractivity contribution in [2.45, 2.75) is 44.4 Å². The number of methoxy groups -OCH3 is 1. The van der Waals surface area contributed by atoms with Gasteiger partial charge in [-0.2, -0.15) is 9.40 Å². The summed E-state index contributed by atoms with van der Waals surface area (Å²) in [6, 6.07) is 16.0. The van der Waals surface area contributed by atoms with E-state index in [-0.39, 0.29) is 23.4 Å². The molecule has 0 spiro atoms. The van der Waals surface area contributed by atoms with Crippen molar-refractivity contribution >= 4 is 37.7 Å². The van der Waals surface area contributed by atoms with Gasteiger partial charge in [0.15, 0.2) is 0 Å². The minimum absolute atomic E-state index is 0.121. The molecule has 36 heavy (non-hydrogen) atoms. The summed E-state index contributed by atoms with van der Waals surface area (Å²) in [4.78, 5) is 13.3. The molecule has 0 unspecified atom stereocenters. The molecule has 0 saturated carbocycles. The Hall–Kier alpha value is -2.53. The molecule has 3 aromatic rings. The van der Waals surface area contributed by atoms with Crippen molar-refractivity contribution in [3.05, 3.63) is 70.3 Å². The van der Waals surface area contributed by atoms with E-state index in [2.05, 4.69) is 21.2 Å². The second-order valence-electron chi connectivity index (χ2n) is 9.55. The molecular weight excluding hydrogens is 544 g/mol. The molecule has 3 rings (SSSR count). The Morgan fingerprint density at radius 3 is 2.42 bits per heavy atom. The Morgan fingerprint density at radius 1 is 1.14 bits per heavy atom. The largest absolute Gasteiger partial charge is 0.385 e. The summed E-state index contributed by atoms with van der Waals surface area (Å²) >= 11 is 3.33. The van der Waals surface area contributed by atoms with E-state index in [1.165, 1.54) is 16.4 Å². The number of carbonyl (C=O) groups excluding carboxylic acids is 1. The number of hydrogen-bond donors (Lipinski definition) is 1. The number of nitrogens with one attached hydrogen (secondary N) is 1. The normalized spacial score (nSPS) is 12.2. The van der Waals surface area contributed by atoms with Gasteiger partial charge in [-0.25, -0.2) is 13.1 Å². The Morgan fingerprint density at radius 2 is 1.81 bits per heavy atom. The highest BCUT2D eigenvalue weighted by Crippen LogP contribution is 2.27. The highest BCUT2D eigenvalue weighted by Gasteiger charge is 2.28. The maximum atomic E-state index is 13.4. The van der Waals surface area contributed by atoms with Crippen LogP contribution in [-0.2, 0) is 25.0 Å². The van der Waals surface area contributed by atoms with Crippen LogP contribution in [0.3, 0.4) is 0 Å². The third kappa shape index (κ3) is 6.82. The lowest BCUT2D eigenvalue weighted by molar-refractivity contribution is -0.116. The Bertz CT molecular complexity index is 1300. The van der Waals surface area contributed by atoms with Gasteiger partial charge in [0.05, 0.1) is 22.8 Å². The smallest absolute Gasteiger partial charge is 0.243 e. The lowest BCUT2D eigenvalue weighted by Crippen LogP contribution is -2.39. The highest BCUT2D eigenvalue weighted by atomic mass is 79.9. The SMILES string of the molecule is COCCCN(CC(=O)Nc1cc(C(C)(C)C)nn1-c1ccccc1C)S(=O)(=O)c1ccc(Br)cc1. The number of aryl methyl sites for hydroxylation is 1. The van der Waals surface area contributed by atoms with Crippen LogP contribution in [0.2, 0.25) is 0 Å². The van der Waals surface area contributed by atoms with E-state index in [9.17, 15) is 13.2 Å². The number of ether oxygens (including phenoxy) is 1. The molecule has 1 N–H and O–H groups in total. The van der Waals surface area contributed by atoms with Crippen LogP contribution in [-0.4, -0.2) is 55.2 Å². The number of rotatable bonds is 10. The van der Waals surface area contributed by atoms with Crippen LogP contribution < -0.4 is 5.32 Å². The molecule has 8 nitrogen and oxygen atoms in total. The first-order valence-corrected chi connectivity index (χ1v) is 13.9. The Kier molecular flexibility index (Phi) is 9.10. The average Bonchev–Trinajstić information content (AvgIpc) is 3.23. The number of para-hydroxylation sites is 1. The fourth-order valence-corrected chi connectivity index (χ4v) is 5.29. The molecule has 0 atom stereocenters. The molecule has 1 aromatic heterocycles. The van der Waals surface area contributed by atoms with Crippen molar-refractivity contribution in [3.63, 3.8) is 0 Å². The number of amides is 1. The summed E-state index contributed by atoms with van der Waals surface area (Å²) in [5, 5.41) is 7.66. The van der Waals surface area contributed by atoms with Crippen molar-refractivity contribution in [2.24, 2.45) is 0 Å². The van der Waals surface area contributed by atoms with Crippen molar-refractivity contribution in [3.8, 4) is 5.69 Å². The number of aromatic nitrogens is 2. The van der Waals surface area contributed by atoms with Gasteiger partial charge in [0.1, 0.15) is 5.82 Å². The molecule has 0 radical (unpaired) electrons. The van der Waals surface area contributed by atoms with Gasteiger partial charge >= 0.3 is 0 Å². The van der Waals surface area contributed by atoms with Gasteiger partial charge in [0.2, 0.25) is 15.9 Å². The molecule has 10 heteroatoms. The van der Waals surface area contributed by atoms with E-state index in [0.29, 0.717) is 18.8 Å². The van der Waals surface area contributed by atoms with Crippen LogP contribution >= 0.6 is 15.9 Å². The first-order chi connectivity index (χ1) is 16.9. The average molecular weight is 578 g/mol. The van der Waals surface area contributed by atoms with E-state index in [4.69, 9.17) is 9.84 Å². The number of sulfonamides is 1. The first-order valence-electron chi connectivity index (χ1n) is 11.6. The summed E-state index contributed by atoms with van der Waals surface area (Å²) in [5.41, 5.74) is 2.39. The molecule has 194 valence electrons. The van der Waals surface area contributed by atoms with Crippen LogP contribution in [0, 0.1) is 6.92 Å². The fraction of sp³-hybridized carbons (Fsp3) is 0.385. The number of benzene rings is 2. The van der Waals surface area contributed by atoms with E-state index in [0.717, 1.165) is 21.4 Å².